The first-order valence-electron chi connectivity index (χ1n) is 4.73. The van der Waals surface area contributed by atoms with Gasteiger partial charge in [-0.2, -0.15) is 0 Å². The molecule has 0 aliphatic heterocycles. The lowest BCUT2D eigenvalue weighted by atomic mass is 10.3. The number of rotatable bonds is 2. The van der Waals surface area contributed by atoms with Crippen molar-refractivity contribution in [3.63, 3.8) is 0 Å². The molecule has 1 saturated carbocycles. The van der Waals surface area contributed by atoms with Gasteiger partial charge in [-0.25, -0.2) is 0 Å². The summed E-state index contributed by atoms with van der Waals surface area (Å²) in [6, 6.07) is 7.22. The number of nitrogens with one attached hydrogen (secondary N) is 1. The maximum atomic E-state index is 11.5. The SMILES string of the molecule is C[C@H]1C[C@@H]1C(=O)Nc1cccc(Cl)c1. The Bertz CT molecular complexity index is 364. The van der Waals surface area contributed by atoms with Gasteiger partial charge in [0, 0.05) is 16.6 Å². The van der Waals surface area contributed by atoms with Gasteiger partial charge in [-0.1, -0.05) is 24.6 Å². The van der Waals surface area contributed by atoms with E-state index in [9.17, 15) is 4.79 Å². The quantitative estimate of drug-likeness (QED) is 0.797. The minimum absolute atomic E-state index is 0.111. The van der Waals surface area contributed by atoms with Crippen LogP contribution in [0.2, 0.25) is 5.02 Å². The first kappa shape index (κ1) is 9.53. The summed E-state index contributed by atoms with van der Waals surface area (Å²) >= 11 is 5.80. The topological polar surface area (TPSA) is 29.1 Å². The van der Waals surface area contributed by atoms with Crippen LogP contribution in [0.25, 0.3) is 0 Å². The summed E-state index contributed by atoms with van der Waals surface area (Å²) in [4.78, 5) is 11.5. The van der Waals surface area contributed by atoms with E-state index in [1.54, 1.807) is 12.1 Å². The molecular formula is C11H12ClNO. The molecule has 0 spiro atoms. The molecule has 0 saturated heterocycles. The minimum atomic E-state index is 0.111. The average Bonchev–Trinajstić information content (AvgIpc) is 2.82. The lowest BCUT2D eigenvalue weighted by molar-refractivity contribution is -0.117. The fourth-order valence-corrected chi connectivity index (χ4v) is 1.68. The van der Waals surface area contributed by atoms with Crippen molar-refractivity contribution in [3.8, 4) is 0 Å². The molecule has 2 atom stereocenters. The van der Waals surface area contributed by atoms with Crippen molar-refractivity contribution in [2.24, 2.45) is 11.8 Å². The molecule has 1 fully saturated rings. The molecule has 74 valence electrons. The van der Waals surface area contributed by atoms with Gasteiger partial charge in [-0.3, -0.25) is 4.79 Å². The summed E-state index contributed by atoms with van der Waals surface area (Å²) in [6.45, 7) is 2.09. The summed E-state index contributed by atoms with van der Waals surface area (Å²) in [5, 5.41) is 3.50. The number of benzene rings is 1. The second-order valence-corrected chi connectivity index (χ2v) is 4.26. The highest BCUT2D eigenvalue weighted by Gasteiger charge is 2.38. The van der Waals surface area contributed by atoms with Crippen molar-refractivity contribution < 1.29 is 4.79 Å². The molecule has 1 aromatic rings. The maximum absolute atomic E-state index is 11.5. The normalized spacial score (nSPS) is 24.4. The fourth-order valence-electron chi connectivity index (χ4n) is 1.49. The van der Waals surface area contributed by atoms with Crippen molar-refractivity contribution in [2.45, 2.75) is 13.3 Å². The summed E-state index contributed by atoms with van der Waals surface area (Å²) < 4.78 is 0. The van der Waals surface area contributed by atoms with Crippen LogP contribution < -0.4 is 5.32 Å². The zero-order chi connectivity index (χ0) is 10.1. The molecule has 1 N–H and O–H groups in total. The van der Waals surface area contributed by atoms with Crippen molar-refractivity contribution in [1.29, 1.82) is 0 Å². The zero-order valence-electron chi connectivity index (χ0n) is 7.96. The molecule has 0 radical (unpaired) electrons. The van der Waals surface area contributed by atoms with E-state index in [0.717, 1.165) is 12.1 Å². The molecule has 2 rings (SSSR count). The monoisotopic (exact) mass is 209 g/mol. The van der Waals surface area contributed by atoms with E-state index in [-0.39, 0.29) is 11.8 Å². The lowest BCUT2D eigenvalue weighted by Crippen LogP contribution is -2.14. The van der Waals surface area contributed by atoms with Crippen LogP contribution in [-0.4, -0.2) is 5.91 Å². The van der Waals surface area contributed by atoms with Crippen LogP contribution in [0.4, 0.5) is 5.69 Å². The zero-order valence-corrected chi connectivity index (χ0v) is 8.71. The van der Waals surface area contributed by atoms with Crippen molar-refractivity contribution in [1.82, 2.24) is 0 Å². The predicted molar refractivity (Wildman–Crippen MR) is 57.4 cm³/mol. The van der Waals surface area contributed by atoms with E-state index in [1.165, 1.54) is 0 Å². The van der Waals surface area contributed by atoms with Crippen LogP contribution in [0.1, 0.15) is 13.3 Å². The molecule has 14 heavy (non-hydrogen) atoms. The van der Waals surface area contributed by atoms with E-state index < -0.39 is 0 Å². The van der Waals surface area contributed by atoms with Gasteiger partial charge in [0.1, 0.15) is 0 Å². The number of halogens is 1. The largest absolute Gasteiger partial charge is 0.326 e. The van der Waals surface area contributed by atoms with E-state index in [1.807, 2.05) is 12.1 Å². The average molecular weight is 210 g/mol. The smallest absolute Gasteiger partial charge is 0.227 e. The van der Waals surface area contributed by atoms with Crippen LogP contribution in [0.15, 0.2) is 24.3 Å². The van der Waals surface area contributed by atoms with Gasteiger partial charge in [0.2, 0.25) is 5.91 Å². The van der Waals surface area contributed by atoms with Gasteiger partial charge in [-0.15, -0.1) is 0 Å². The Morgan fingerprint density at radius 3 is 2.86 bits per heavy atom. The third-order valence-corrected chi connectivity index (χ3v) is 2.77. The highest BCUT2D eigenvalue weighted by molar-refractivity contribution is 6.30. The highest BCUT2D eigenvalue weighted by atomic mass is 35.5. The first-order valence-corrected chi connectivity index (χ1v) is 5.11. The third kappa shape index (κ3) is 2.07. The molecule has 1 amide bonds. The van der Waals surface area contributed by atoms with Crippen LogP contribution in [-0.2, 0) is 4.79 Å². The predicted octanol–water partition coefficient (Wildman–Crippen LogP) is 2.93. The molecule has 2 nitrogen and oxygen atoms in total. The van der Waals surface area contributed by atoms with E-state index in [0.29, 0.717) is 10.9 Å². The Kier molecular flexibility index (Phi) is 2.46. The third-order valence-electron chi connectivity index (χ3n) is 2.54. The van der Waals surface area contributed by atoms with E-state index >= 15 is 0 Å². The Morgan fingerprint density at radius 2 is 2.29 bits per heavy atom. The summed E-state index contributed by atoms with van der Waals surface area (Å²) in [7, 11) is 0. The summed E-state index contributed by atoms with van der Waals surface area (Å²) in [5.41, 5.74) is 0.779. The number of hydrogen-bond donors (Lipinski definition) is 1. The van der Waals surface area contributed by atoms with Gasteiger partial charge < -0.3 is 5.32 Å². The molecule has 3 heteroatoms. The Labute approximate surface area is 88.3 Å². The van der Waals surface area contributed by atoms with Crippen LogP contribution in [0.3, 0.4) is 0 Å². The molecule has 0 unspecified atom stereocenters. The number of anilines is 1. The van der Waals surface area contributed by atoms with Crippen molar-refractivity contribution in [3.05, 3.63) is 29.3 Å². The van der Waals surface area contributed by atoms with Gasteiger partial charge in [0.05, 0.1) is 0 Å². The molecule has 0 bridgehead atoms. The Morgan fingerprint density at radius 1 is 1.57 bits per heavy atom. The molecule has 0 heterocycles. The number of amides is 1. The standard InChI is InChI=1S/C11H12ClNO/c1-7-5-10(7)11(14)13-9-4-2-3-8(12)6-9/h2-4,6-7,10H,5H2,1H3,(H,13,14)/t7-,10-/m0/s1. The van der Waals surface area contributed by atoms with Crippen molar-refractivity contribution >= 4 is 23.2 Å². The molecule has 1 aliphatic carbocycles. The van der Waals surface area contributed by atoms with E-state index in [4.69, 9.17) is 11.6 Å². The number of carbonyl (C=O) groups is 1. The Hall–Kier alpha value is -1.02. The van der Waals surface area contributed by atoms with E-state index in [2.05, 4.69) is 12.2 Å². The van der Waals surface area contributed by atoms with Crippen LogP contribution >= 0.6 is 11.6 Å². The van der Waals surface area contributed by atoms with Gasteiger partial charge in [0.15, 0.2) is 0 Å². The molecule has 1 aliphatic rings. The van der Waals surface area contributed by atoms with Crippen LogP contribution in [0, 0.1) is 11.8 Å². The maximum Gasteiger partial charge on any atom is 0.227 e. The minimum Gasteiger partial charge on any atom is -0.326 e. The molecule has 0 aromatic heterocycles. The number of carbonyl (C=O) groups excluding carboxylic acids is 1. The molecular weight excluding hydrogens is 198 g/mol. The molecule has 1 aromatic carbocycles. The Balaban J connectivity index is 2.00. The second kappa shape index (κ2) is 3.62. The van der Waals surface area contributed by atoms with Crippen molar-refractivity contribution in [2.75, 3.05) is 5.32 Å². The lowest BCUT2D eigenvalue weighted by Gasteiger charge is -2.04. The number of hydrogen-bond acceptors (Lipinski definition) is 1. The second-order valence-electron chi connectivity index (χ2n) is 3.82. The van der Waals surface area contributed by atoms with Gasteiger partial charge >= 0.3 is 0 Å². The summed E-state index contributed by atoms with van der Waals surface area (Å²) in [6.07, 6.45) is 1.01. The highest BCUT2D eigenvalue weighted by Crippen LogP contribution is 2.38. The van der Waals surface area contributed by atoms with Gasteiger partial charge in [-0.05, 0) is 30.5 Å². The summed E-state index contributed by atoms with van der Waals surface area (Å²) in [5.74, 6) is 0.850. The van der Waals surface area contributed by atoms with Crippen LogP contribution in [0.5, 0.6) is 0 Å². The first-order chi connectivity index (χ1) is 6.66. The van der Waals surface area contributed by atoms with Gasteiger partial charge in [0.25, 0.3) is 0 Å². The fraction of sp³-hybridized carbons (Fsp3) is 0.364.